The van der Waals surface area contributed by atoms with Crippen LogP contribution in [0.5, 0.6) is 5.75 Å². The highest BCUT2D eigenvalue weighted by Gasteiger charge is 2.40. The molecule has 5 heteroatoms. The largest absolute Gasteiger partial charge is 0.493 e. The van der Waals surface area contributed by atoms with Crippen molar-refractivity contribution < 1.29 is 14.3 Å². The van der Waals surface area contributed by atoms with E-state index in [1.54, 1.807) is 5.01 Å². The van der Waals surface area contributed by atoms with Gasteiger partial charge in [0.2, 0.25) is 0 Å². The van der Waals surface area contributed by atoms with Gasteiger partial charge in [0.25, 0.3) is 0 Å². The summed E-state index contributed by atoms with van der Waals surface area (Å²) in [6.45, 7) is 9.11. The first-order chi connectivity index (χ1) is 12.6. The molecule has 0 aromatic heterocycles. The van der Waals surface area contributed by atoms with E-state index in [-0.39, 0.29) is 24.1 Å². The first-order valence-electron chi connectivity index (χ1n) is 9.09. The third-order valence-electron chi connectivity index (χ3n) is 5.36. The van der Waals surface area contributed by atoms with Crippen molar-refractivity contribution in [1.82, 2.24) is 10.4 Å². The number of nitrogens with one attached hydrogen (secondary N) is 1. The second-order valence-corrected chi connectivity index (χ2v) is 7.27. The Bertz CT molecular complexity index is 848. The smallest absolute Gasteiger partial charge is 0.424 e. The molecular weight excluding hydrogens is 328 g/mol. The molecule has 1 amide bonds. The summed E-state index contributed by atoms with van der Waals surface area (Å²) in [5, 5.41) is 3.93. The predicted octanol–water partition coefficient (Wildman–Crippen LogP) is 4.06. The molecule has 0 aliphatic carbocycles. The van der Waals surface area contributed by atoms with Crippen LogP contribution in [-0.4, -0.2) is 30.4 Å². The van der Waals surface area contributed by atoms with Gasteiger partial charge >= 0.3 is 6.09 Å². The Morgan fingerprint density at radius 1 is 1.19 bits per heavy atom. The number of fused-ring (bicyclic) bond motifs is 3. The van der Waals surface area contributed by atoms with Crippen LogP contribution in [0.25, 0.3) is 10.8 Å². The number of carbonyl (C=O) groups is 1. The number of rotatable bonds is 4. The lowest BCUT2D eigenvalue weighted by molar-refractivity contribution is 0.0972. The molecular formula is C21H24N2O3. The maximum atomic E-state index is 12.3. The predicted molar refractivity (Wildman–Crippen MR) is 101 cm³/mol. The minimum atomic E-state index is -0.320. The Labute approximate surface area is 153 Å². The Hall–Kier alpha value is -2.53. The third-order valence-corrected chi connectivity index (χ3v) is 5.36. The van der Waals surface area contributed by atoms with Gasteiger partial charge in [-0.25, -0.2) is 15.2 Å². The molecule has 4 rings (SSSR count). The van der Waals surface area contributed by atoms with E-state index < -0.39 is 0 Å². The van der Waals surface area contributed by atoms with Gasteiger partial charge in [-0.05, 0) is 22.8 Å². The van der Waals surface area contributed by atoms with Gasteiger partial charge < -0.3 is 9.47 Å². The summed E-state index contributed by atoms with van der Waals surface area (Å²) < 4.78 is 11.3. The van der Waals surface area contributed by atoms with Crippen molar-refractivity contribution in [2.24, 2.45) is 11.8 Å². The van der Waals surface area contributed by atoms with Crippen LogP contribution in [0.4, 0.5) is 4.79 Å². The number of hydrogen-bond donors (Lipinski definition) is 1. The van der Waals surface area contributed by atoms with E-state index >= 15 is 0 Å². The molecule has 2 aromatic rings. The van der Waals surface area contributed by atoms with Gasteiger partial charge in [-0.2, -0.15) is 0 Å². The van der Waals surface area contributed by atoms with Gasteiger partial charge in [-0.1, -0.05) is 50.3 Å². The van der Waals surface area contributed by atoms with Crippen LogP contribution in [0.1, 0.15) is 25.5 Å². The van der Waals surface area contributed by atoms with Crippen LogP contribution >= 0.6 is 0 Å². The molecule has 1 fully saturated rings. The van der Waals surface area contributed by atoms with E-state index in [1.165, 1.54) is 0 Å². The van der Waals surface area contributed by atoms with Gasteiger partial charge in [-0.3, -0.25) is 0 Å². The monoisotopic (exact) mass is 352 g/mol. The standard InChI is InChI=1S/C21H24N2O3/c1-4-14-11-25-18-10-9-15-7-5-6-8-16(15)19(18)20(14)22-23-17(13(2)3)12-26-21(23)24/h4-10,13-14,17,20,22H,1,11-12H2,2-3H3/t14-,17+,20-/m0/s1. The number of hydrogen-bond acceptors (Lipinski definition) is 4. The van der Waals surface area contributed by atoms with E-state index in [2.05, 4.69) is 44.1 Å². The summed E-state index contributed by atoms with van der Waals surface area (Å²) in [5.74, 6) is 1.20. The van der Waals surface area contributed by atoms with E-state index in [4.69, 9.17) is 9.47 Å². The van der Waals surface area contributed by atoms with E-state index in [0.29, 0.717) is 19.1 Å². The quantitative estimate of drug-likeness (QED) is 0.843. The fraction of sp³-hybridized carbons (Fsp3) is 0.381. The molecule has 2 aromatic carbocycles. The summed E-state index contributed by atoms with van der Waals surface area (Å²) in [7, 11) is 0. The maximum Gasteiger partial charge on any atom is 0.424 e. The fourth-order valence-corrected chi connectivity index (χ4v) is 3.81. The van der Waals surface area contributed by atoms with Crippen molar-refractivity contribution in [2.75, 3.05) is 13.2 Å². The van der Waals surface area contributed by atoms with Crippen molar-refractivity contribution >= 4 is 16.9 Å². The van der Waals surface area contributed by atoms with Gasteiger partial charge in [0, 0.05) is 11.5 Å². The molecule has 0 radical (unpaired) electrons. The molecule has 2 aliphatic heterocycles. The minimum absolute atomic E-state index is 0.00855. The zero-order valence-corrected chi connectivity index (χ0v) is 15.1. The molecule has 0 unspecified atom stereocenters. The van der Waals surface area contributed by atoms with Crippen LogP contribution in [0.2, 0.25) is 0 Å². The lowest BCUT2D eigenvalue weighted by atomic mass is 9.87. The topological polar surface area (TPSA) is 50.8 Å². The van der Waals surface area contributed by atoms with Crippen LogP contribution in [0.3, 0.4) is 0 Å². The Morgan fingerprint density at radius 2 is 2.00 bits per heavy atom. The Morgan fingerprint density at radius 3 is 2.77 bits per heavy atom. The number of nitrogens with zero attached hydrogens (tertiary/aromatic N) is 1. The van der Waals surface area contributed by atoms with E-state index in [1.807, 2.05) is 24.3 Å². The number of carbonyl (C=O) groups excluding carboxylic acids is 1. The summed E-state index contributed by atoms with van der Waals surface area (Å²) in [5.41, 5.74) is 4.53. The van der Waals surface area contributed by atoms with Crippen molar-refractivity contribution in [2.45, 2.75) is 25.9 Å². The molecule has 136 valence electrons. The highest BCUT2D eigenvalue weighted by Crippen LogP contribution is 2.41. The Kier molecular flexibility index (Phi) is 4.32. The fourth-order valence-electron chi connectivity index (χ4n) is 3.81. The lowest BCUT2D eigenvalue weighted by Gasteiger charge is -2.37. The van der Waals surface area contributed by atoms with Crippen LogP contribution in [0, 0.1) is 11.8 Å². The van der Waals surface area contributed by atoms with Crippen molar-refractivity contribution in [3.8, 4) is 5.75 Å². The number of amides is 1. The van der Waals surface area contributed by atoms with Gasteiger partial charge in [0.05, 0.1) is 18.7 Å². The maximum absolute atomic E-state index is 12.3. The van der Waals surface area contributed by atoms with E-state index in [0.717, 1.165) is 22.1 Å². The average molecular weight is 352 g/mol. The zero-order valence-electron chi connectivity index (χ0n) is 15.1. The average Bonchev–Trinajstić information content (AvgIpc) is 3.02. The van der Waals surface area contributed by atoms with E-state index in [9.17, 15) is 4.79 Å². The van der Waals surface area contributed by atoms with Crippen molar-refractivity contribution in [3.05, 3.63) is 54.6 Å². The molecule has 2 heterocycles. The first kappa shape index (κ1) is 16.9. The molecule has 26 heavy (non-hydrogen) atoms. The summed E-state index contributed by atoms with van der Waals surface area (Å²) in [6.07, 6.45) is 1.58. The summed E-state index contributed by atoms with van der Waals surface area (Å²) >= 11 is 0. The zero-order chi connectivity index (χ0) is 18.3. The number of ether oxygens (including phenoxy) is 2. The molecule has 0 spiro atoms. The molecule has 1 N–H and O–H groups in total. The molecule has 0 saturated carbocycles. The molecule has 0 bridgehead atoms. The second kappa shape index (κ2) is 6.65. The van der Waals surface area contributed by atoms with Crippen molar-refractivity contribution in [1.29, 1.82) is 0 Å². The molecule has 2 aliphatic rings. The third kappa shape index (κ3) is 2.72. The number of benzene rings is 2. The molecule has 5 nitrogen and oxygen atoms in total. The Balaban J connectivity index is 1.78. The van der Waals surface area contributed by atoms with Gasteiger partial charge in [0.1, 0.15) is 12.4 Å². The minimum Gasteiger partial charge on any atom is -0.493 e. The van der Waals surface area contributed by atoms with Crippen LogP contribution in [0.15, 0.2) is 49.1 Å². The van der Waals surface area contributed by atoms with Gasteiger partial charge in [0.15, 0.2) is 0 Å². The normalized spacial score (nSPS) is 25.1. The van der Waals surface area contributed by atoms with Gasteiger partial charge in [-0.15, -0.1) is 6.58 Å². The SMILES string of the molecule is C=C[C@H]1COc2ccc3ccccc3c2[C@H]1NN1C(=O)OC[C@@H]1C(C)C. The highest BCUT2D eigenvalue weighted by molar-refractivity contribution is 5.88. The number of cyclic esters (lactones) is 1. The summed E-state index contributed by atoms with van der Waals surface area (Å²) in [6, 6.07) is 12.2. The highest BCUT2D eigenvalue weighted by atomic mass is 16.6. The molecule has 1 saturated heterocycles. The molecule has 3 atom stereocenters. The van der Waals surface area contributed by atoms with Crippen molar-refractivity contribution in [3.63, 3.8) is 0 Å². The van der Waals surface area contributed by atoms with Crippen LogP contribution in [-0.2, 0) is 4.74 Å². The lowest BCUT2D eigenvalue weighted by Crippen LogP contribution is -2.51. The first-order valence-corrected chi connectivity index (χ1v) is 9.09. The summed E-state index contributed by atoms with van der Waals surface area (Å²) in [4.78, 5) is 12.3. The number of hydrazine groups is 1. The second-order valence-electron chi connectivity index (χ2n) is 7.27. The van der Waals surface area contributed by atoms with Crippen LogP contribution < -0.4 is 10.2 Å².